The standard InChI is InChI=1S/C22H20N4O3/c1-3-29-19-9-4-15(5-10-19)22(27)23-16-6-13-20-21(14-16)25-26(24-20)17-7-11-18(28-2)12-8-17/h4-14H,3H2,1-2H3,(H,23,27). The third kappa shape index (κ3) is 4.03. The predicted molar refractivity (Wildman–Crippen MR) is 111 cm³/mol. The molecule has 0 saturated carbocycles. The highest BCUT2D eigenvalue weighted by molar-refractivity contribution is 6.05. The topological polar surface area (TPSA) is 78.3 Å². The number of methoxy groups -OCH3 is 1. The summed E-state index contributed by atoms with van der Waals surface area (Å²) >= 11 is 0. The van der Waals surface area contributed by atoms with Gasteiger partial charge in [0.1, 0.15) is 22.5 Å². The Morgan fingerprint density at radius 3 is 2.31 bits per heavy atom. The highest BCUT2D eigenvalue weighted by Gasteiger charge is 2.10. The molecule has 4 aromatic rings. The predicted octanol–water partition coefficient (Wildman–Crippen LogP) is 4.08. The maximum atomic E-state index is 12.5. The molecule has 3 aromatic carbocycles. The van der Waals surface area contributed by atoms with Crippen LogP contribution in [0.4, 0.5) is 5.69 Å². The maximum Gasteiger partial charge on any atom is 0.255 e. The van der Waals surface area contributed by atoms with Crippen molar-refractivity contribution in [3.05, 3.63) is 72.3 Å². The van der Waals surface area contributed by atoms with E-state index < -0.39 is 0 Å². The van der Waals surface area contributed by atoms with Crippen LogP contribution < -0.4 is 14.8 Å². The van der Waals surface area contributed by atoms with Gasteiger partial charge in [-0.15, -0.1) is 10.2 Å². The van der Waals surface area contributed by atoms with Crippen LogP contribution in [-0.4, -0.2) is 34.6 Å². The molecule has 7 heteroatoms. The molecule has 0 aliphatic rings. The Labute approximate surface area is 167 Å². The van der Waals surface area contributed by atoms with E-state index in [2.05, 4.69) is 15.5 Å². The van der Waals surface area contributed by atoms with Crippen molar-refractivity contribution in [2.24, 2.45) is 0 Å². The van der Waals surface area contributed by atoms with Gasteiger partial charge in [0.25, 0.3) is 5.91 Å². The Balaban J connectivity index is 1.53. The van der Waals surface area contributed by atoms with Crippen LogP contribution in [0.1, 0.15) is 17.3 Å². The third-order valence-electron chi connectivity index (χ3n) is 4.37. The van der Waals surface area contributed by atoms with Gasteiger partial charge in [-0.05, 0) is 73.7 Å². The monoisotopic (exact) mass is 388 g/mol. The van der Waals surface area contributed by atoms with Crippen LogP contribution in [0.5, 0.6) is 11.5 Å². The summed E-state index contributed by atoms with van der Waals surface area (Å²) in [5.41, 5.74) is 3.45. The third-order valence-corrected chi connectivity index (χ3v) is 4.37. The molecule has 0 radical (unpaired) electrons. The quantitative estimate of drug-likeness (QED) is 0.538. The van der Waals surface area contributed by atoms with Crippen molar-refractivity contribution >= 4 is 22.6 Å². The Kier molecular flexibility index (Phi) is 5.11. The first kappa shape index (κ1) is 18.5. The molecule has 1 aromatic heterocycles. The summed E-state index contributed by atoms with van der Waals surface area (Å²) in [7, 11) is 1.62. The summed E-state index contributed by atoms with van der Waals surface area (Å²) < 4.78 is 10.6. The van der Waals surface area contributed by atoms with E-state index in [-0.39, 0.29) is 5.91 Å². The first-order valence-corrected chi connectivity index (χ1v) is 9.22. The average molecular weight is 388 g/mol. The maximum absolute atomic E-state index is 12.5. The van der Waals surface area contributed by atoms with Crippen LogP contribution in [0.3, 0.4) is 0 Å². The molecule has 0 atom stereocenters. The zero-order valence-corrected chi connectivity index (χ0v) is 16.1. The molecule has 1 N–H and O–H groups in total. The molecule has 0 bridgehead atoms. The molecule has 0 aliphatic heterocycles. The molecule has 0 fully saturated rings. The fraction of sp³-hybridized carbons (Fsp3) is 0.136. The van der Waals surface area contributed by atoms with Gasteiger partial charge in [-0.25, -0.2) is 0 Å². The van der Waals surface area contributed by atoms with E-state index in [0.29, 0.717) is 23.4 Å². The van der Waals surface area contributed by atoms with E-state index in [0.717, 1.165) is 22.7 Å². The number of nitrogens with one attached hydrogen (secondary N) is 1. The molecular formula is C22H20N4O3. The number of aromatic nitrogens is 3. The number of carbonyl (C=O) groups excluding carboxylic acids is 1. The zero-order valence-electron chi connectivity index (χ0n) is 16.1. The van der Waals surface area contributed by atoms with E-state index in [1.165, 1.54) is 0 Å². The zero-order chi connectivity index (χ0) is 20.2. The second kappa shape index (κ2) is 8.02. The minimum atomic E-state index is -0.199. The second-order valence-electron chi connectivity index (χ2n) is 6.30. The minimum Gasteiger partial charge on any atom is -0.497 e. The normalized spacial score (nSPS) is 10.7. The molecule has 0 spiro atoms. The number of benzene rings is 3. The Hall–Kier alpha value is -3.87. The summed E-state index contributed by atoms with van der Waals surface area (Å²) in [6, 6.07) is 19.9. The van der Waals surface area contributed by atoms with Gasteiger partial charge in [-0.1, -0.05) is 0 Å². The molecular weight excluding hydrogens is 368 g/mol. The number of amides is 1. The number of fused-ring (bicyclic) bond motifs is 1. The van der Waals surface area contributed by atoms with Crippen molar-refractivity contribution in [2.75, 3.05) is 19.0 Å². The number of hydrogen-bond donors (Lipinski definition) is 1. The number of hydrogen-bond acceptors (Lipinski definition) is 5. The second-order valence-corrected chi connectivity index (χ2v) is 6.30. The van der Waals surface area contributed by atoms with Crippen LogP contribution in [-0.2, 0) is 0 Å². The molecule has 29 heavy (non-hydrogen) atoms. The van der Waals surface area contributed by atoms with Crippen molar-refractivity contribution in [2.45, 2.75) is 6.92 Å². The summed E-state index contributed by atoms with van der Waals surface area (Å²) in [4.78, 5) is 14.1. The molecule has 1 amide bonds. The van der Waals surface area contributed by atoms with Crippen molar-refractivity contribution in [1.82, 2.24) is 15.0 Å². The van der Waals surface area contributed by atoms with E-state index in [9.17, 15) is 4.79 Å². The molecule has 1 heterocycles. The largest absolute Gasteiger partial charge is 0.497 e. The van der Waals surface area contributed by atoms with E-state index in [4.69, 9.17) is 9.47 Å². The highest BCUT2D eigenvalue weighted by Crippen LogP contribution is 2.20. The highest BCUT2D eigenvalue weighted by atomic mass is 16.5. The Morgan fingerprint density at radius 2 is 1.62 bits per heavy atom. The fourth-order valence-corrected chi connectivity index (χ4v) is 2.90. The summed E-state index contributed by atoms with van der Waals surface area (Å²) in [5, 5.41) is 11.9. The molecule has 0 unspecified atom stereocenters. The average Bonchev–Trinajstić information content (AvgIpc) is 3.18. The van der Waals surface area contributed by atoms with Crippen molar-refractivity contribution < 1.29 is 14.3 Å². The summed E-state index contributed by atoms with van der Waals surface area (Å²) in [6.45, 7) is 2.50. The molecule has 0 aliphatic carbocycles. The van der Waals surface area contributed by atoms with Gasteiger partial charge in [-0.3, -0.25) is 4.79 Å². The lowest BCUT2D eigenvalue weighted by Crippen LogP contribution is -2.11. The lowest BCUT2D eigenvalue weighted by atomic mass is 10.2. The molecule has 4 rings (SSSR count). The SMILES string of the molecule is CCOc1ccc(C(=O)Nc2ccc3nn(-c4ccc(OC)cc4)nc3c2)cc1. The Bertz CT molecular complexity index is 1140. The number of ether oxygens (including phenoxy) is 2. The number of rotatable bonds is 6. The van der Waals surface area contributed by atoms with Crippen LogP contribution in [0, 0.1) is 0 Å². The van der Waals surface area contributed by atoms with Crippen LogP contribution in [0.25, 0.3) is 16.7 Å². The van der Waals surface area contributed by atoms with Gasteiger partial charge in [0.05, 0.1) is 19.4 Å². The van der Waals surface area contributed by atoms with E-state index >= 15 is 0 Å². The van der Waals surface area contributed by atoms with Crippen molar-refractivity contribution in [3.63, 3.8) is 0 Å². The molecule has 146 valence electrons. The summed E-state index contributed by atoms with van der Waals surface area (Å²) in [6.07, 6.45) is 0. The molecule has 0 saturated heterocycles. The van der Waals surface area contributed by atoms with Crippen LogP contribution in [0.2, 0.25) is 0 Å². The van der Waals surface area contributed by atoms with Gasteiger partial charge in [-0.2, -0.15) is 4.80 Å². The fourth-order valence-electron chi connectivity index (χ4n) is 2.90. The number of carbonyl (C=O) groups is 1. The first-order valence-electron chi connectivity index (χ1n) is 9.22. The van der Waals surface area contributed by atoms with E-state index in [1.807, 2.05) is 43.3 Å². The van der Waals surface area contributed by atoms with E-state index in [1.54, 1.807) is 42.2 Å². The van der Waals surface area contributed by atoms with Gasteiger partial charge in [0.15, 0.2) is 0 Å². The van der Waals surface area contributed by atoms with Gasteiger partial charge in [0.2, 0.25) is 0 Å². The smallest absolute Gasteiger partial charge is 0.255 e. The van der Waals surface area contributed by atoms with Gasteiger partial charge in [0, 0.05) is 11.3 Å². The lowest BCUT2D eigenvalue weighted by molar-refractivity contribution is 0.102. The van der Waals surface area contributed by atoms with Crippen LogP contribution >= 0.6 is 0 Å². The summed E-state index contributed by atoms with van der Waals surface area (Å²) in [5.74, 6) is 1.31. The van der Waals surface area contributed by atoms with Crippen LogP contribution in [0.15, 0.2) is 66.7 Å². The minimum absolute atomic E-state index is 0.199. The van der Waals surface area contributed by atoms with Crippen molar-refractivity contribution in [1.29, 1.82) is 0 Å². The van der Waals surface area contributed by atoms with Gasteiger partial charge < -0.3 is 14.8 Å². The number of anilines is 1. The molecule has 7 nitrogen and oxygen atoms in total. The Morgan fingerprint density at radius 1 is 0.931 bits per heavy atom. The van der Waals surface area contributed by atoms with Gasteiger partial charge >= 0.3 is 0 Å². The number of nitrogens with zero attached hydrogens (tertiary/aromatic N) is 3. The van der Waals surface area contributed by atoms with Crippen molar-refractivity contribution in [3.8, 4) is 17.2 Å². The lowest BCUT2D eigenvalue weighted by Gasteiger charge is -2.06. The first-order chi connectivity index (χ1) is 14.2.